The number of benzene rings is 2. The number of methoxy groups -OCH3 is 1. The molecule has 2 aromatic carbocycles. The van der Waals surface area contributed by atoms with E-state index in [0.29, 0.717) is 22.7 Å². The number of amides is 1. The number of carbonyl (C=O) groups is 2. The monoisotopic (exact) mass is 370 g/mol. The van der Waals surface area contributed by atoms with Crippen LogP contribution in [0.2, 0.25) is 0 Å². The van der Waals surface area contributed by atoms with Gasteiger partial charge in [-0.25, -0.2) is 4.79 Å². The van der Waals surface area contributed by atoms with Crippen LogP contribution in [0.4, 0.5) is 11.4 Å². The molecule has 0 heterocycles. The third-order valence-electron chi connectivity index (χ3n) is 4.16. The normalized spacial score (nSPS) is 10.3. The second-order valence-corrected chi connectivity index (χ2v) is 6.21. The van der Waals surface area contributed by atoms with Crippen molar-refractivity contribution < 1.29 is 19.4 Å². The highest BCUT2D eigenvalue weighted by Crippen LogP contribution is 2.26. The van der Waals surface area contributed by atoms with Crippen molar-refractivity contribution in [2.75, 3.05) is 30.4 Å². The number of carboxylic acid groups (broad SMARTS) is 1. The molecule has 0 aliphatic carbocycles. The Morgan fingerprint density at radius 2 is 1.67 bits per heavy atom. The van der Waals surface area contributed by atoms with E-state index < -0.39 is 5.97 Å². The van der Waals surface area contributed by atoms with Gasteiger partial charge in [0.25, 0.3) is 5.91 Å². The molecule has 0 aliphatic heterocycles. The van der Waals surface area contributed by atoms with Crippen molar-refractivity contribution in [1.29, 1.82) is 0 Å². The van der Waals surface area contributed by atoms with Gasteiger partial charge in [-0.05, 0) is 55.3 Å². The fraction of sp³-hybridized carbons (Fsp3) is 0.333. The number of rotatable bonds is 9. The number of hydrogen-bond donors (Lipinski definition) is 2. The highest BCUT2D eigenvalue weighted by Gasteiger charge is 2.17. The number of carbonyl (C=O) groups excluding carboxylic acids is 1. The molecule has 6 heteroatoms. The first kappa shape index (κ1) is 20.3. The first-order valence-electron chi connectivity index (χ1n) is 9.07. The van der Waals surface area contributed by atoms with Crippen LogP contribution in [-0.2, 0) is 0 Å². The summed E-state index contributed by atoms with van der Waals surface area (Å²) in [5.74, 6) is -0.653. The molecule has 0 aromatic heterocycles. The molecule has 0 aliphatic rings. The Labute approximate surface area is 159 Å². The second kappa shape index (κ2) is 9.62. The van der Waals surface area contributed by atoms with Crippen molar-refractivity contribution in [2.24, 2.45) is 0 Å². The van der Waals surface area contributed by atoms with Gasteiger partial charge >= 0.3 is 5.97 Å². The smallest absolute Gasteiger partial charge is 0.337 e. The van der Waals surface area contributed by atoms with Gasteiger partial charge in [0.1, 0.15) is 5.75 Å². The summed E-state index contributed by atoms with van der Waals surface area (Å²) in [4.78, 5) is 26.2. The van der Waals surface area contributed by atoms with E-state index in [4.69, 9.17) is 4.74 Å². The molecule has 0 spiro atoms. The molecule has 2 N–H and O–H groups in total. The summed E-state index contributed by atoms with van der Waals surface area (Å²) < 4.78 is 5.08. The van der Waals surface area contributed by atoms with E-state index in [2.05, 4.69) is 24.1 Å². The van der Waals surface area contributed by atoms with Crippen LogP contribution >= 0.6 is 0 Å². The molecule has 2 aromatic rings. The fourth-order valence-corrected chi connectivity index (χ4v) is 2.90. The second-order valence-electron chi connectivity index (χ2n) is 6.21. The van der Waals surface area contributed by atoms with Gasteiger partial charge in [0.05, 0.1) is 18.4 Å². The molecule has 0 fully saturated rings. The van der Waals surface area contributed by atoms with Crippen LogP contribution in [0, 0.1) is 0 Å². The average molecular weight is 370 g/mol. The third-order valence-corrected chi connectivity index (χ3v) is 4.16. The van der Waals surface area contributed by atoms with Gasteiger partial charge < -0.3 is 20.1 Å². The van der Waals surface area contributed by atoms with Gasteiger partial charge in [0.2, 0.25) is 0 Å². The van der Waals surface area contributed by atoms with Crippen molar-refractivity contribution in [3.8, 4) is 5.75 Å². The quantitative estimate of drug-likeness (QED) is 0.689. The van der Waals surface area contributed by atoms with Gasteiger partial charge in [-0.3, -0.25) is 4.79 Å². The van der Waals surface area contributed by atoms with Crippen LogP contribution in [0.15, 0.2) is 42.5 Å². The lowest BCUT2D eigenvalue weighted by Crippen LogP contribution is -2.27. The van der Waals surface area contributed by atoms with Crippen molar-refractivity contribution in [2.45, 2.75) is 26.7 Å². The Kier molecular flexibility index (Phi) is 7.23. The fourth-order valence-electron chi connectivity index (χ4n) is 2.90. The number of hydrogen-bond acceptors (Lipinski definition) is 4. The van der Waals surface area contributed by atoms with Gasteiger partial charge in [0, 0.05) is 24.3 Å². The van der Waals surface area contributed by atoms with E-state index in [1.54, 1.807) is 43.5 Å². The van der Waals surface area contributed by atoms with Gasteiger partial charge in [-0.1, -0.05) is 13.8 Å². The molecule has 144 valence electrons. The van der Waals surface area contributed by atoms with E-state index >= 15 is 0 Å². The summed E-state index contributed by atoms with van der Waals surface area (Å²) in [6.45, 7) is 5.69. The van der Waals surface area contributed by atoms with Gasteiger partial charge in [-0.15, -0.1) is 0 Å². The Morgan fingerprint density at radius 1 is 1.04 bits per heavy atom. The molecular weight excluding hydrogens is 344 g/mol. The molecule has 0 radical (unpaired) electrons. The van der Waals surface area contributed by atoms with Gasteiger partial charge in [-0.2, -0.15) is 0 Å². The minimum Gasteiger partial charge on any atom is -0.497 e. The molecule has 0 atom stereocenters. The number of nitrogens with zero attached hydrogens (tertiary/aromatic N) is 1. The van der Waals surface area contributed by atoms with E-state index in [1.165, 1.54) is 6.07 Å². The molecule has 0 saturated heterocycles. The highest BCUT2D eigenvalue weighted by molar-refractivity contribution is 6.05. The Morgan fingerprint density at radius 3 is 2.19 bits per heavy atom. The maximum atomic E-state index is 12.4. The summed E-state index contributed by atoms with van der Waals surface area (Å²) in [6, 6.07) is 11.7. The zero-order valence-corrected chi connectivity index (χ0v) is 16.0. The summed E-state index contributed by atoms with van der Waals surface area (Å²) in [5.41, 5.74) is 1.78. The summed E-state index contributed by atoms with van der Waals surface area (Å²) >= 11 is 0. The zero-order chi connectivity index (χ0) is 19.8. The van der Waals surface area contributed by atoms with E-state index in [1.807, 2.05) is 0 Å². The van der Waals surface area contributed by atoms with Crippen LogP contribution in [0.5, 0.6) is 5.75 Å². The van der Waals surface area contributed by atoms with E-state index in [-0.39, 0.29) is 11.5 Å². The van der Waals surface area contributed by atoms with Gasteiger partial charge in [0.15, 0.2) is 0 Å². The molecule has 1 amide bonds. The predicted octanol–water partition coefficient (Wildman–Crippen LogP) is 4.27. The molecule has 0 saturated carbocycles. The number of aromatic carboxylic acids is 1. The SMILES string of the molecule is CCCN(CCC)c1ccc(NC(=O)c2ccc(OC)cc2)cc1C(=O)O. The number of nitrogens with one attached hydrogen (secondary N) is 1. The maximum absolute atomic E-state index is 12.4. The molecular formula is C21H26N2O4. The van der Waals surface area contributed by atoms with Crippen molar-refractivity contribution in [1.82, 2.24) is 0 Å². The Balaban J connectivity index is 2.25. The lowest BCUT2D eigenvalue weighted by Gasteiger charge is -2.25. The van der Waals surface area contributed by atoms with E-state index in [0.717, 1.165) is 25.9 Å². The standard InChI is InChI=1S/C21H26N2O4/c1-4-12-23(13-5-2)19-11-8-16(14-18(19)21(25)26)22-20(24)15-6-9-17(27-3)10-7-15/h6-11,14H,4-5,12-13H2,1-3H3,(H,22,24)(H,25,26). The molecule has 0 bridgehead atoms. The lowest BCUT2D eigenvalue weighted by molar-refractivity contribution is 0.0697. The average Bonchev–Trinajstić information content (AvgIpc) is 2.67. The van der Waals surface area contributed by atoms with Crippen LogP contribution in [-0.4, -0.2) is 37.2 Å². The van der Waals surface area contributed by atoms with Crippen LogP contribution < -0.4 is 15.0 Å². The predicted molar refractivity (Wildman–Crippen MR) is 107 cm³/mol. The largest absolute Gasteiger partial charge is 0.497 e. The highest BCUT2D eigenvalue weighted by atomic mass is 16.5. The van der Waals surface area contributed by atoms with Crippen LogP contribution in [0.3, 0.4) is 0 Å². The maximum Gasteiger partial charge on any atom is 0.337 e. The van der Waals surface area contributed by atoms with Crippen LogP contribution in [0.25, 0.3) is 0 Å². The Hall–Kier alpha value is -3.02. The number of ether oxygens (including phenoxy) is 1. The Bertz CT molecular complexity index is 781. The van der Waals surface area contributed by atoms with Crippen molar-refractivity contribution >= 4 is 23.3 Å². The first-order chi connectivity index (χ1) is 13.0. The lowest BCUT2D eigenvalue weighted by atomic mass is 10.1. The summed E-state index contributed by atoms with van der Waals surface area (Å²) in [6.07, 6.45) is 1.85. The first-order valence-corrected chi connectivity index (χ1v) is 9.07. The minimum atomic E-state index is -1.01. The van der Waals surface area contributed by atoms with Crippen molar-refractivity contribution in [3.63, 3.8) is 0 Å². The number of anilines is 2. The molecule has 0 unspecified atom stereocenters. The molecule has 2 rings (SSSR count). The third kappa shape index (κ3) is 5.23. The topological polar surface area (TPSA) is 78.9 Å². The van der Waals surface area contributed by atoms with Crippen LogP contribution in [0.1, 0.15) is 47.4 Å². The van der Waals surface area contributed by atoms with Crippen molar-refractivity contribution in [3.05, 3.63) is 53.6 Å². The number of carboxylic acids is 1. The zero-order valence-electron chi connectivity index (χ0n) is 16.0. The summed E-state index contributed by atoms with van der Waals surface area (Å²) in [7, 11) is 1.56. The minimum absolute atomic E-state index is 0.185. The molecule has 6 nitrogen and oxygen atoms in total. The van der Waals surface area contributed by atoms with E-state index in [9.17, 15) is 14.7 Å². The summed E-state index contributed by atoms with van der Waals surface area (Å²) in [5, 5.41) is 12.4. The molecule has 27 heavy (non-hydrogen) atoms.